The Morgan fingerprint density at radius 1 is 1.37 bits per heavy atom. The lowest BCUT2D eigenvalue weighted by molar-refractivity contribution is -0.147. The second-order valence-electron chi connectivity index (χ2n) is 9.90. The fraction of sp³-hybridized carbons (Fsp3) is 0.857. The molecule has 3 rings (SSSR count). The average Bonchev–Trinajstić information content (AvgIpc) is 3.24. The molecule has 0 aromatic rings. The first-order valence-corrected chi connectivity index (χ1v) is 11.6. The number of nitrogens with zero attached hydrogens (tertiary/aromatic N) is 1. The van der Waals surface area contributed by atoms with Crippen molar-refractivity contribution < 1.29 is 24.2 Å². The second kappa shape index (κ2) is 8.06. The smallest absolute Gasteiger partial charge is 0.246 e. The predicted octanol–water partition coefficient (Wildman–Crippen LogP) is 0.802. The van der Waals surface area contributed by atoms with Crippen LogP contribution in [-0.2, 0) is 19.1 Å². The Kier molecular flexibility index (Phi) is 6.30. The summed E-state index contributed by atoms with van der Waals surface area (Å²) < 4.78 is 6.38. The van der Waals surface area contributed by atoms with Crippen LogP contribution in [-0.4, -0.2) is 75.5 Å². The second-order valence-corrected chi connectivity index (χ2v) is 11.1. The van der Waals surface area contributed by atoms with Crippen molar-refractivity contribution in [2.45, 2.75) is 81.6 Å². The summed E-state index contributed by atoms with van der Waals surface area (Å²) in [4.78, 5) is 41.4. The molecule has 3 amide bonds. The third kappa shape index (κ3) is 3.46. The topological polar surface area (TPSA) is 108 Å². The van der Waals surface area contributed by atoms with Gasteiger partial charge in [0, 0.05) is 17.4 Å². The van der Waals surface area contributed by atoms with Crippen molar-refractivity contribution in [2.75, 3.05) is 13.7 Å². The van der Waals surface area contributed by atoms with Crippen molar-refractivity contribution in [3.63, 3.8) is 0 Å². The Morgan fingerprint density at radius 2 is 2.00 bits per heavy atom. The fourth-order valence-corrected chi connectivity index (χ4v) is 6.39. The van der Waals surface area contributed by atoms with Crippen LogP contribution in [0, 0.1) is 17.8 Å². The number of nitrogens with one attached hydrogen (secondary N) is 2. The minimum absolute atomic E-state index is 0.0190. The first-order valence-electron chi connectivity index (χ1n) is 10.7. The number of alkyl halides is 1. The van der Waals surface area contributed by atoms with E-state index >= 15 is 0 Å². The summed E-state index contributed by atoms with van der Waals surface area (Å²) in [7, 11) is 1.54. The maximum Gasteiger partial charge on any atom is 0.246 e. The molecule has 8 atom stereocenters. The van der Waals surface area contributed by atoms with Gasteiger partial charge in [-0.15, -0.1) is 0 Å². The molecule has 170 valence electrons. The molecule has 3 aliphatic heterocycles. The van der Waals surface area contributed by atoms with Crippen LogP contribution in [0.3, 0.4) is 0 Å². The average molecular weight is 488 g/mol. The van der Waals surface area contributed by atoms with Crippen molar-refractivity contribution in [3.8, 4) is 0 Å². The number of halogens is 1. The molecule has 9 heteroatoms. The van der Waals surface area contributed by atoms with Crippen molar-refractivity contribution in [3.05, 3.63) is 0 Å². The normalized spacial score (nSPS) is 37.1. The van der Waals surface area contributed by atoms with E-state index in [4.69, 9.17) is 4.74 Å². The van der Waals surface area contributed by atoms with Gasteiger partial charge in [-0.1, -0.05) is 36.2 Å². The van der Waals surface area contributed by atoms with Crippen LogP contribution in [0.4, 0.5) is 0 Å². The standard InChI is InChI=1S/C21H34BrN3O5/c1-7-10(2)12(9-26)25-16(18(28)24-20(3,4)5)21-8-11(22)15(30-21)13(17(27)23-6)14(21)19(25)29/h10-16,26H,7-9H2,1-6H3,(H,23,27)(H,24,28)/t10-,11?,12-,13+,14-,15+,16?,21?/m0/s1. The number of hydrogen-bond donors (Lipinski definition) is 3. The maximum atomic E-state index is 13.8. The highest BCUT2D eigenvalue weighted by Gasteiger charge is 2.77. The summed E-state index contributed by atoms with van der Waals surface area (Å²) in [5, 5.41) is 15.8. The molecule has 0 aromatic carbocycles. The summed E-state index contributed by atoms with van der Waals surface area (Å²) in [6.45, 7) is 9.34. The Hall–Kier alpha value is -1.19. The lowest BCUT2D eigenvalue weighted by Crippen LogP contribution is -2.61. The lowest BCUT2D eigenvalue weighted by atomic mass is 9.70. The predicted molar refractivity (Wildman–Crippen MR) is 115 cm³/mol. The van der Waals surface area contributed by atoms with E-state index in [-0.39, 0.29) is 35.1 Å². The molecule has 0 aromatic heterocycles. The molecule has 3 N–H and O–H groups in total. The van der Waals surface area contributed by atoms with Crippen LogP contribution < -0.4 is 10.6 Å². The molecule has 1 spiro atoms. The van der Waals surface area contributed by atoms with E-state index in [0.29, 0.717) is 6.42 Å². The Bertz CT molecular complexity index is 726. The van der Waals surface area contributed by atoms with E-state index in [1.54, 1.807) is 7.05 Å². The highest BCUT2D eigenvalue weighted by Crippen LogP contribution is 2.60. The summed E-state index contributed by atoms with van der Waals surface area (Å²) in [5.41, 5.74) is -1.60. The molecule has 2 bridgehead atoms. The fourth-order valence-electron chi connectivity index (χ4n) is 5.44. The van der Waals surface area contributed by atoms with Gasteiger partial charge in [0.25, 0.3) is 0 Å². The molecule has 0 radical (unpaired) electrons. The quantitative estimate of drug-likeness (QED) is 0.480. The van der Waals surface area contributed by atoms with Crippen LogP contribution in [0.2, 0.25) is 0 Å². The molecule has 3 saturated heterocycles. The molecule has 3 heterocycles. The summed E-state index contributed by atoms with van der Waals surface area (Å²) >= 11 is 3.62. The number of likely N-dealkylation sites (tertiary alicyclic amines) is 1. The number of ether oxygens (including phenoxy) is 1. The Labute approximate surface area is 186 Å². The molecule has 8 nitrogen and oxygen atoms in total. The molecule has 0 aliphatic carbocycles. The number of rotatable bonds is 6. The molecular weight excluding hydrogens is 454 g/mol. The van der Waals surface area contributed by atoms with Gasteiger partial charge in [0.1, 0.15) is 11.6 Å². The van der Waals surface area contributed by atoms with Gasteiger partial charge >= 0.3 is 0 Å². The highest BCUT2D eigenvalue weighted by molar-refractivity contribution is 9.09. The Morgan fingerprint density at radius 3 is 2.50 bits per heavy atom. The number of carbonyl (C=O) groups excluding carboxylic acids is 3. The molecule has 3 unspecified atom stereocenters. The van der Waals surface area contributed by atoms with Gasteiger partial charge in [0.15, 0.2) is 0 Å². The summed E-state index contributed by atoms with van der Waals surface area (Å²) in [6.07, 6.45) is 0.727. The van der Waals surface area contributed by atoms with E-state index in [0.717, 1.165) is 6.42 Å². The molecule has 30 heavy (non-hydrogen) atoms. The minimum atomic E-state index is -1.09. The van der Waals surface area contributed by atoms with Crippen LogP contribution in [0.1, 0.15) is 47.5 Å². The highest BCUT2D eigenvalue weighted by atomic mass is 79.9. The van der Waals surface area contributed by atoms with Crippen LogP contribution in [0.25, 0.3) is 0 Å². The lowest BCUT2D eigenvalue weighted by Gasteiger charge is -2.40. The summed E-state index contributed by atoms with van der Waals surface area (Å²) in [5.74, 6) is -2.28. The van der Waals surface area contributed by atoms with Crippen LogP contribution >= 0.6 is 15.9 Å². The maximum absolute atomic E-state index is 13.8. The number of aliphatic hydroxyl groups is 1. The van der Waals surface area contributed by atoms with Gasteiger partial charge in [0.2, 0.25) is 17.7 Å². The first-order chi connectivity index (χ1) is 13.9. The van der Waals surface area contributed by atoms with E-state index in [1.165, 1.54) is 4.90 Å². The van der Waals surface area contributed by atoms with Crippen molar-refractivity contribution in [2.24, 2.45) is 17.8 Å². The summed E-state index contributed by atoms with van der Waals surface area (Å²) in [6, 6.07) is -1.43. The third-order valence-electron chi connectivity index (χ3n) is 6.87. The zero-order chi connectivity index (χ0) is 22.6. The SMILES string of the molecule is CC[C@H](C)[C@H](CO)N1C(=O)[C@@H]2[C@@H](C(=O)NC)[C@@H]3OC2(CC3Br)C1C(=O)NC(C)(C)C. The van der Waals surface area contributed by atoms with E-state index < -0.39 is 41.2 Å². The van der Waals surface area contributed by atoms with Crippen LogP contribution in [0.5, 0.6) is 0 Å². The van der Waals surface area contributed by atoms with Crippen LogP contribution in [0.15, 0.2) is 0 Å². The number of amides is 3. The monoisotopic (exact) mass is 487 g/mol. The van der Waals surface area contributed by atoms with Gasteiger partial charge in [0.05, 0.1) is 30.6 Å². The number of aliphatic hydroxyl groups excluding tert-OH is 1. The number of fused-ring (bicyclic) bond motifs is 1. The molecular formula is C21H34BrN3O5. The van der Waals surface area contributed by atoms with Gasteiger partial charge in [-0.05, 0) is 33.1 Å². The van der Waals surface area contributed by atoms with Crippen molar-refractivity contribution >= 4 is 33.7 Å². The van der Waals surface area contributed by atoms with Crippen molar-refractivity contribution in [1.29, 1.82) is 0 Å². The van der Waals surface area contributed by atoms with Gasteiger partial charge in [-0.25, -0.2) is 0 Å². The van der Waals surface area contributed by atoms with E-state index in [9.17, 15) is 19.5 Å². The zero-order valence-electron chi connectivity index (χ0n) is 18.6. The first kappa shape index (κ1) is 23.5. The zero-order valence-corrected chi connectivity index (χ0v) is 20.2. The van der Waals surface area contributed by atoms with E-state index in [1.807, 2.05) is 34.6 Å². The Balaban J connectivity index is 2.13. The van der Waals surface area contributed by atoms with E-state index in [2.05, 4.69) is 26.6 Å². The number of carbonyl (C=O) groups is 3. The molecule has 3 fully saturated rings. The largest absolute Gasteiger partial charge is 0.394 e. The molecule has 0 saturated carbocycles. The third-order valence-corrected chi connectivity index (χ3v) is 7.71. The van der Waals surface area contributed by atoms with Gasteiger partial charge < -0.3 is 25.4 Å². The molecule has 3 aliphatic rings. The minimum Gasteiger partial charge on any atom is -0.394 e. The van der Waals surface area contributed by atoms with Crippen molar-refractivity contribution in [1.82, 2.24) is 15.5 Å². The van der Waals surface area contributed by atoms with Gasteiger partial charge in [-0.3, -0.25) is 14.4 Å². The number of hydrogen-bond acceptors (Lipinski definition) is 5. The van der Waals surface area contributed by atoms with Gasteiger partial charge in [-0.2, -0.15) is 0 Å².